The minimum Gasteiger partial charge on any atom is -0.250 e. The molecular formula is C11H21N2+. The quantitative estimate of drug-likeness (QED) is 0.493. The van der Waals surface area contributed by atoms with Crippen LogP contribution in [-0.4, -0.2) is 4.98 Å². The first-order valence-electron chi connectivity index (χ1n) is 5.45. The van der Waals surface area contributed by atoms with E-state index in [1.165, 1.54) is 38.5 Å². The van der Waals surface area contributed by atoms with Crippen LogP contribution in [0.2, 0.25) is 0 Å². The number of aryl methyl sites for hydroxylation is 1. The largest absolute Gasteiger partial charge is 0.250 e. The number of H-pyrrole nitrogens is 1. The summed E-state index contributed by atoms with van der Waals surface area (Å²) < 4.78 is 2.21. The van der Waals surface area contributed by atoms with Gasteiger partial charge in [0.25, 0.3) is 0 Å². The highest BCUT2D eigenvalue weighted by molar-refractivity contribution is 4.55. The zero-order chi connectivity index (χ0) is 9.36. The molecule has 0 saturated carbocycles. The topological polar surface area (TPSA) is 19.7 Å². The number of rotatable bonds is 7. The van der Waals surface area contributed by atoms with Crippen LogP contribution in [0.3, 0.4) is 0 Å². The SMILES string of the molecule is CCCCCCCC[n+]1cc[nH]c1. The van der Waals surface area contributed by atoms with Gasteiger partial charge in [0.2, 0.25) is 6.33 Å². The van der Waals surface area contributed by atoms with E-state index in [1.54, 1.807) is 0 Å². The fraction of sp³-hybridized carbons (Fsp3) is 0.727. The average molecular weight is 181 g/mol. The molecule has 1 heterocycles. The summed E-state index contributed by atoms with van der Waals surface area (Å²) >= 11 is 0. The van der Waals surface area contributed by atoms with Crippen LogP contribution in [0.25, 0.3) is 0 Å². The number of hydrogen-bond acceptors (Lipinski definition) is 0. The van der Waals surface area contributed by atoms with Gasteiger partial charge in [0.1, 0.15) is 12.4 Å². The fourth-order valence-electron chi connectivity index (χ4n) is 1.53. The molecule has 2 heteroatoms. The van der Waals surface area contributed by atoms with Gasteiger partial charge in [-0.3, -0.25) is 4.98 Å². The Balaban J connectivity index is 1.90. The summed E-state index contributed by atoms with van der Waals surface area (Å²) in [5.74, 6) is 0. The summed E-state index contributed by atoms with van der Waals surface area (Å²) in [6.07, 6.45) is 14.3. The number of aromatic amines is 1. The lowest BCUT2D eigenvalue weighted by Crippen LogP contribution is -2.30. The first-order chi connectivity index (χ1) is 6.43. The van der Waals surface area contributed by atoms with E-state index in [0.29, 0.717) is 0 Å². The van der Waals surface area contributed by atoms with Crippen LogP contribution in [-0.2, 0) is 6.54 Å². The van der Waals surface area contributed by atoms with Crippen LogP contribution >= 0.6 is 0 Å². The third kappa shape index (κ3) is 4.71. The molecule has 0 aliphatic heterocycles. The lowest BCUT2D eigenvalue weighted by atomic mass is 10.1. The normalized spacial score (nSPS) is 10.5. The molecule has 1 aromatic rings. The second kappa shape index (κ2) is 6.70. The number of hydrogen-bond donors (Lipinski definition) is 1. The van der Waals surface area contributed by atoms with Gasteiger partial charge >= 0.3 is 0 Å². The van der Waals surface area contributed by atoms with Crippen molar-refractivity contribution in [3.63, 3.8) is 0 Å². The standard InChI is InChI=1S/C11H20N2/c1-2-3-4-5-6-7-9-13-10-8-12-11-13/h8,10-11H,2-7,9H2,1H3/p+1. The van der Waals surface area contributed by atoms with Crippen molar-refractivity contribution in [2.45, 2.75) is 52.0 Å². The number of imidazole rings is 1. The molecule has 0 aliphatic rings. The van der Waals surface area contributed by atoms with Gasteiger partial charge in [0.05, 0.1) is 6.54 Å². The first kappa shape index (κ1) is 10.3. The molecule has 0 spiro atoms. The smallest absolute Gasteiger partial charge is 0.241 e. The van der Waals surface area contributed by atoms with Crippen LogP contribution < -0.4 is 4.57 Å². The summed E-state index contributed by atoms with van der Waals surface area (Å²) in [7, 11) is 0. The summed E-state index contributed by atoms with van der Waals surface area (Å²) in [5.41, 5.74) is 0. The average Bonchev–Trinajstić information content (AvgIpc) is 2.63. The Hall–Kier alpha value is -0.790. The van der Waals surface area contributed by atoms with Gasteiger partial charge in [0, 0.05) is 0 Å². The van der Waals surface area contributed by atoms with Crippen LogP contribution in [0.5, 0.6) is 0 Å². The van der Waals surface area contributed by atoms with E-state index < -0.39 is 0 Å². The predicted octanol–water partition coefficient (Wildman–Crippen LogP) is 2.66. The van der Waals surface area contributed by atoms with Gasteiger partial charge in [-0.2, -0.15) is 0 Å². The second-order valence-corrected chi connectivity index (χ2v) is 3.62. The Morgan fingerprint density at radius 1 is 1.08 bits per heavy atom. The molecule has 74 valence electrons. The highest BCUT2D eigenvalue weighted by Gasteiger charge is 1.95. The minimum absolute atomic E-state index is 1.16. The van der Waals surface area contributed by atoms with Crippen LogP contribution in [0.4, 0.5) is 0 Å². The Morgan fingerprint density at radius 2 is 1.85 bits per heavy atom. The van der Waals surface area contributed by atoms with Crippen molar-refractivity contribution in [3.05, 3.63) is 18.7 Å². The zero-order valence-corrected chi connectivity index (χ0v) is 8.63. The van der Waals surface area contributed by atoms with Crippen LogP contribution in [0, 0.1) is 0 Å². The molecule has 0 unspecified atom stereocenters. The maximum absolute atomic E-state index is 3.05. The van der Waals surface area contributed by atoms with E-state index in [1.807, 2.05) is 12.5 Å². The van der Waals surface area contributed by atoms with Gasteiger partial charge in [-0.05, 0) is 12.8 Å². The molecule has 0 bridgehead atoms. The maximum atomic E-state index is 3.05. The van der Waals surface area contributed by atoms with E-state index in [2.05, 4.69) is 22.7 Å². The number of nitrogens with zero attached hydrogens (tertiary/aromatic N) is 1. The number of nitrogens with one attached hydrogen (secondary N) is 1. The van der Waals surface area contributed by atoms with Crippen molar-refractivity contribution >= 4 is 0 Å². The van der Waals surface area contributed by atoms with Gasteiger partial charge < -0.3 is 0 Å². The summed E-state index contributed by atoms with van der Waals surface area (Å²) in [4.78, 5) is 3.05. The first-order valence-corrected chi connectivity index (χ1v) is 5.45. The van der Waals surface area contributed by atoms with E-state index in [4.69, 9.17) is 0 Å². The summed E-state index contributed by atoms with van der Waals surface area (Å²) in [6.45, 7) is 3.42. The molecule has 0 aliphatic carbocycles. The fourth-order valence-corrected chi connectivity index (χ4v) is 1.53. The van der Waals surface area contributed by atoms with Crippen LogP contribution in [0.15, 0.2) is 18.7 Å². The molecule has 2 nitrogen and oxygen atoms in total. The van der Waals surface area contributed by atoms with Crippen molar-refractivity contribution in [1.29, 1.82) is 0 Å². The molecule has 0 aromatic carbocycles. The number of aromatic nitrogens is 2. The predicted molar refractivity (Wildman–Crippen MR) is 54.4 cm³/mol. The molecule has 1 rings (SSSR count). The minimum atomic E-state index is 1.16. The number of unbranched alkanes of at least 4 members (excludes halogenated alkanes) is 5. The monoisotopic (exact) mass is 181 g/mol. The lowest BCUT2D eigenvalue weighted by Gasteiger charge is -1.98. The molecule has 0 saturated heterocycles. The van der Waals surface area contributed by atoms with Crippen molar-refractivity contribution in [2.75, 3.05) is 0 Å². The highest BCUT2D eigenvalue weighted by atomic mass is 15.0. The Kier molecular flexibility index (Phi) is 5.30. The summed E-state index contributed by atoms with van der Waals surface area (Å²) in [6, 6.07) is 0. The molecule has 1 N–H and O–H groups in total. The Morgan fingerprint density at radius 3 is 2.54 bits per heavy atom. The Labute approximate surface area is 81.0 Å². The van der Waals surface area contributed by atoms with Crippen molar-refractivity contribution in [3.8, 4) is 0 Å². The van der Waals surface area contributed by atoms with Gasteiger partial charge in [-0.25, -0.2) is 4.57 Å². The van der Waals surface area contributed by atoms with E-state index in [-0.39, 0.29) is 0 Å². The molecule has 0 atom stereocenters. The molecular weight excluding hydrogens is 160 g/mol. The van der Waals surface area contributed by atoms with E-state index in [9.17, 15) is 0 Å². The lowest BCUT2D eigenvalue weighted by molar-refractivity contribution is -0.696. The van der Waals surface area contributed by atoms with Gasteiger partial charge in [0.15, 0.2) is 0 Å². The van der Waals surface area contributed by atoms with Crippen LogP contribution in [0.1, 0.15) is 45.4 Å². The Bertz CT molecular complexity index is 192. The second-order valence-electron chi connectivity index (χ2n) is 3.62. The maximum Gasteiger partial charge on any atom is 0.241 e. The molecule has 0 fully saturated rings. The van der Waals surface area contributed by atoms with Gasteiger partial charge in [-0.1, -0.05) is 32.6 Å². The van der Waals surface area contributed by atoms with E-state index in [0.717, 1.165) is 6.54 Å². The molecule has 0 radical (unpaired) electrons. The molecule has 0 amide bonds. The van der Waals surface area contributed by atoms with Crippen molar-refractivity contribution < 1.29 is 4.57 Å². The molecule has 13 heavy (non-hydrogen) atoms. The van der Waals surface area contributed by atoms with E-state index >= 15 is 0 Å². The third-order valence-electron chi connectivity index (χ3n) is 2.37. The van der Waals surface area contributed by atoms with Gasteiger partial charge in [-0.15, -0.1) is 0 Å². The third-order valence-corrected chi connectivity index (χ3v) is 2.37. The molecule has 1 aromatic heterocycles. The summed E-state index contributed by atoms with van der Waals surface area (Å²) in [5, 5.41) is 0. The van der Waals surface area contributed by atoms with Crippen molar-refractivity contribution in [2.24, 2.45) is 0 Å². The zero-order valence-electron chi connectivity index (χ0n) is 8.63. The van der Waals surface area contributed by atoms with Crippen molar-refractivity contribution in [1.82, 2.24) is 4.98 Å². The highest BCUT2D eigenvalue weighted by Crippen LogP contribution is 2.04.